The first-order chi connectivity index (χ1) is 9.45. The van der Waals surface area contributed by atoms with E-state index < -0.39 is 6.10 Å². The predicted molar refractivity (Wildman–Crippen MR) is 78.5 cm³/mol. The molecule has 5 heteroatoms. The molecule has 0 heterocycles. The zero-order valence-electron chi connectivity index (χ0n) is 11.8. The number of carbonyl (C=O) groups is 2. The van der Waals surface area contributed by atoms with Crippen LogP contribution in [0, 0.1) is 0 Å². The van der Waals surface area contributed by atoms with Crippen LogP contribution in [0.4, 0.5) is 5.69 Å². The molecular formula is C15H20N2O3. The fourth-order valence-corrected chi connectivity index (χ4v) is 1.65. The topological polar surface area (TPSA) is 69.6 Å². The summed E-state index contributed by atoms with van der Waals surface area (Å²) in [5.41, 5.74) is 0.863. The molecule has 2 amide bonds. The number of aliphatic hydroxyl groups excluding tert-OH is 1. The van der Waals surface area contributed by atoms with Gasteiger partial charge in [-0.3, -0.25) is 9.59 Å². The molecule has 1 aromatic rings. The fourth-order valence-electron chi connectivity index (χ4n) is 1.65. The molecule has 0 aliphatic heterocycles. The quantitative estimate of drug-likeness (QED) is 0.776. The Morgan fingerprint density at radius 3 is 2.70 bits per heavy atom. The average Bonchev–Trinajstić information content (AvgIpc) is 2.44. The molecule has 1 rings (SSSR count). The second-order valence-electron chi connectivity index (χ2n) is 4.60. The lowest BCUT2D eigenvalue weighted by Crippen LogP contribution is -2.30. The van der Waals surface area contributed by atoms with Crippen LogP contribution in [0.1, 0.15) is 23.7 Å². The molecular weight excluding hydrogens is 256 g/mol. The number of aliphatic hydroxyl groups is 1. The number of nitrogens with one attached hydrogen (secondary N) is 1. The largest absolute Gasteiger partial charge is 0.393 e. The number of amides is 2. The predicted octanol–water partition coefficient (Wildman–Crippen LogP) is 1.65. The monoisotopic (exact) mass is 276 g/mol. The van der Waals surface area contributed by atoms with E-state index in [9.17, 15) is 14.7 Å². The minimum Gasteiger partial charge on any atom is -0.393 e. The molecule has 0 saturated heterocycles. The summed E-state index contributed by atoms with van der Waals surface area (Å²) in [4.78, 5) is 25.2. The van der Waals surface area contributed by atoms with Crippen LogP contribution in [-0.4, -0.2) is 41.5 Å². The summed E-state index contributed by atoms with van der Waals surface area (Å²) in [6.45, 7) is 5.50. The van der Waals surface area contributed by atoms with Gasteiger partial charge >= 0.3 is 0 Å². The van der Waals surface area contributed by atoms with Crippen LogP contribution >= 0.6 is 0 Å². The van der Waals surface area contributed by atoms with Gasteiger partial charge in [-0.05, 0) is 31.6 Å². The molecule has 5 nitrogen and oxygen atoms in total. The summed E-state index contributed by atoms with van der Waals surface area (Å²) in [5, 5.41) is 11.9. The zero-order valence-corrected chi connectivity index (χ0v) is 11.8. The maximum atomic E-state index is 12.3. The molecule has 0 aliphatic carbocycles. The van der Waals surface area contributed by atoms with Gasteiger partial charge < -0.3 is 15.3 Å². The number of anilines is 1. The smallest absolute Gasteiger partial charge is 0.255 e. The lowest BCUT2D eigenvalue weighted by atomic mass is 10.1. The number of para-hydroxylation sites is 1. The molecule has 0 aromatic heterocycles. The molecule has 0 aliphatic rings. The molecule has 0 spiro atoms. The second-order valence-corrected chi connectivity index (χ2v) is 4.60. The van der Waals surface area contributed by atoms with Crippen molar-refractivity contribution in [3.05, 3.63) is 42.5 Å². The number of benzene rings is 1. The number of nitrogens with zero attached hydrogens (tertiary/aromatic N) is 1. The Morgan fingerprint density at radius 2 is 2.10 bits per heavy atom. The van der Waals surface area contributed by atoms with E-state index in [0.717, 1.165) is 6.08 Å². The van der Waals surface area contributed by atoms with Crippen molar-refractivity contribution in [2.24, 2.45) is 0 Å². The van der Waals surface area contributed by atoms with Gasteiger partial charge in [-0.2, -0.15) is 0 Å². The highest BCUT2D eigenvalue weighted by molar-refractivity contribution is 6.06. The van der Waals surface area contributed by atoms with Gasteiger partial charge in [-0.15, -0.1) is 0 Å². The van der Waals surface area contributed by atoms with E-state index in [1.54, 1.807) is 38.2 Å². The highest BCUT2D eigenvalue weighted by Crippen LogP contribution is 2.17. The van der Waals surface area contributed by atoms with Crippen LogP contribution in [0.5, 0.6) is 0 Å². The normalized spacial score (nSPS) is 11.6. The second kappa shape index (κ2) is 7.45. The molecule has 1 unspecified atom stereocenters. The van der Waals surface area contributed by atoms with Crippen molar-refractivity contribution in [2.75, 3.05) is 18.9 Å². The number of rotatable bonds is 6. The van der Waals surface area contributed by atoms with Crippen LogP contribution in [0.2, 0.25) is 0 Å². The lowest BCUT2D eigenvalue weighted by molar-refractivity contribution is -0.111. The Morgan fingerprint density at radius 1 is 1.45 bits per heavy atom. The van der Waals surface area contributed by atoms with Gasteiger partial charge in [-0.1, -0.05) is 18.7 Å². The first-order valence-corrected chi connectivity index (χ1v) is 6.41. The van der Waals surface area contributed by atoms with E-state index in [1.807, 2.05) is 0 Å². The molecule has 2 N–H and O–H groups in total. The van der Waals surface area contributed by atoms with E-state index in [-0.39, 0.29) is 11.8 Å². The van der Waals surface area contributed by atoms with E-state index in [1.165, 1.54) is 4.90 Å². The van der Waals surface area contributed by atoms with Crippen LogP contribution < -0.4 is 5.32 Å². The summed E-state index contributed by atoms with van der Waals surface area (Å²) in [6.07, 6.45) is 1.20. The maximum Gasteiger partial charge on any atom is 0.255 e. The van der Waals surface area contributed by atoms with E-state index in [4.69, 9.17) is 0 Å². The zero-order chi connectivity index (χ0) is 15.1. The van der Waals surface area contributed by atoms with Crippen LogP contribution in [0.25, 0.3) is 0 Å². The molecule has 108 valence electrons. The van der Waals surface area contributed by atoms with Crippen molar-refractivity contribution in [3.8, 4) is 0 Å². The average molecular weight is 276 g/mol. The molecule has 0 saturated carbocycles. The van der Waals surface area contributed by atoms with Crippen LogP contribution in [0.3, 0.4) is 0 Å². The van der Waals surface area contributed by atoms with Gasteiger partial charge in [0.1, 0.15) is 0 Å². The third-order valence-corrected chi connectivity index (χ3v) is 2.83. The van der Waals surface area contributed by atoms with E-state index >= 15 is 0 Å². The van der Waals surface area contributed by atoms with Crippen molar-refractivity contribution >= 4 is 17.5 Å². The molecule has 0 bridgehead atoms. The number of carbonyl (C=O) groups excluding carboxylic acids is 2. The van der Waals surface area contributed by atoms with Crippen LogP contribution in [-0.2, 0) is 4.79 Å². The third kappa shape index (κ3) is 4.51. The Kier molecular flexibility index (Phi) is 5.93. The number of hydrogen-bond acceptors (Lipinski definition) is 3. The highest BCUT2D eigenvalue weighted by atomic mass is 16.3. The minimum absolute atomic E-state index is 0.203. The summed E-state index contributed by atoms with van der Waals surface area (Å²) in [5.74, 6) is -0.567. The lowest BCUT2D eigenvalue weighted by Gasteiger charge is -2.19. The van der Waals surface area contributed by atoms with Gasteiger partial charge in [0.25, 0.3) is 5.91 Å². The van der Waals surface area contributed by atoms with E-state index in [0.29, 0.717) is 24.2 Å². The molecule has 1 aromatic carbocycles. The SMILES string of the molecule is C=CC(=O)Nc1ccccc1C(=O)N(C)CCC(C)O. The van der Waals surface area contributed by atoms with Crippen molar-refractivity contribution in [3.63, 3.8) is 0 Å². The van der Waals surface area contributed by atoms with Gasteiger partial charge in [-0.25, -0.2) is 0 Å². The van der Waals surface area contributed by atoms with Gasteiger partial charge in [0.05, 0.1) is 17.4 Å². The summed E-state index contributed by atoms with van der Waals surface area (Å²) >= 11 is 0. The summed E-state index contributed by atoms with van der Waals surface area (Å²) < 4.78 is 0. The summed E-state index contributed by atoms with van der Waals surface area (Å²) in [6, 6.07) is 6.79. The van der Waals surface area contributed by atoms with Crippen molar-refractivity contribution in [1.29, 1.82) is 0 Å². The highest BCUT2D eigenvalue weighted by Gasteiger charge is 2.16. The van der Waals surface area contributed by atoms with Crippen LogP contribution in [0.15, 0.2) is 36.9 Å². The fraction of sp³-hybridized carbons (Fsp3) is 0.333. The standard InChI is InChI=1S/C15H20N2O3/c1-4-14(19)16-13-8-6-5-7-12(13)15(20)17(3)10-9-11(2)18/h4-8,11,18H,1,9-10H2,2-3H3,(H,16,19). The first-order valence-electron chi connectivity index (χ1n) is 6.41. The Hall–Kier alpha value is -2.14. The van der Waals surface area contributed by atoms with Gasteiger partial charge in [0.2, 0.25) is 5.91 Å². The van der Waals surface area contributed by atoms with E-state index in [2.05, 4.69) is 11.9 Å². The maximum absolute atomic E-state index is 12.3. The van der Waals surface area contributed by atoms with Crippen molar-refractivity contribution in [1.82, 2.24) is 4.90 Å². The van der Waals surface area contributed by atoms with Crippen molar-refractivity contribution < 1.29 is 14.7 Å². The Labute approximate surface area is 118 Å². The van der Waals surface area contributed by atoms with Crippen molar-refractivity contribution in [2.45, 2.75) is 19.4 Å². The van der Waals surface area contributed by atoms with Gasteiger partial charge in [0, 0.05) is 13.6 Å². The number of hydrogen-bond donors (Lipinski definition) is 2. The summed E-state index contributed by atoms with van der Waals surface area (Å²) in [7, 11) is 1.66. The third-order valence-electron chi connectivity index (χ3n) is 2.83. The Balaban J connectivity index is 2.86. The molecule has 1 atom stereocenters. The first kappa shape index (κ1) is 15.9. The minimum atomic E-state index is -0.457. The Bertz CT molecular complexity index is 498. The molecule has 0 fully saturated rings. The molecule has 0 radical (unpaired) electrons. The van der Waals surface area contributed by atoms with Gasteiger partial charge in [0.15, 0.2) is 0 Å². The molecule has 20 heavy (non-hydrogen) atoms.